The molecule has 0 atom stereocenters. The van der Waals surface area contributed by atoms with E-state index in [4.69, 9.17) is 15.2 Å². The summed E-state index contributed by atoms with van der Waals surface area (Å²) >= 11 is 3.30. The number of anilines is 1. The van der Waals surface area contributed by atoms with Gasteiger partial charge in [0.1, 0.15) is 5.75 Å². The Morgan fingerprint density at radius 2 is 2.18 bits per heavy atom. The number of benzene rings is 1. The summed E-state index contributed by atoms with van der Waals surface area (Å²) in [5.41, 5.74) is 6.22. The number of rotatable bonds is 6. The smallest absolute Gasteiger partial charge is 0.344 e. The number of carbonyl (C=O) groups is 1. The van der Waals surface area contributed by atoms with Gasteiger partial charge in [-0.15, -0.1) is 0 Å². The summed E-state index contributed by atoms with van der Waals surface area (Å²) in [4.78, 5) is 11.3. The number of hydrogen-bond acceptors (Lipinski definition) is 4. The number of unbranched alkanes of at least 4 members (excludes halogenated alkanes) is 1. The highest BCUT2D eigenvalue weighted by molar-refractivity contribution is 9.10. The van der Waals surface area contributed by atoms with Crippen LogP contribution in [0.25, 0.3) is 0 Å². The zero-order chi connectivity index (χ0) is 12.7. The molecular weight excluding hydrogens is 286 g/mol. The molecule has 0 aliphatic carbocycles. The molecule has 0 aliphatic heterocycles. The molecule has 0 aromatic heterocycles. The molecule has 0 fully saturated rings. The van der Waals surface area contributed by atoms with Gasteiger partial charge in [-0.05, 0) is 18.6 Å². The molecule has 0 spiro atoms. The van der Waals surface area contributed by atoms with Gasteiger partial charge in [-0.2, -0.15) is 0 Å². The Balaban J connectivity index is 2.36. The summed E-state index contributed by atoms with van der Waals surface area (Å²) in [5, 5.41) is 0. The Kier molecular flexibility index (Phi) is 5.83. The van der Waals surface area contributed by atoms with Crippen LogP contribution in [0.2, 0.25) is 0 Å². The Bertz CT molecular complexity index is 362. The minimum absolute atomic E-state index is 0.0976. The predicted octanol–water partition coefficient (Wildman–Crippen LogP) is 2.75. The van der Waals surface area contributed by atoms with Gasteiger partial charge in [0, 0.05) is 16.2 Å². The lowest BCUT2D eigenvalue weighted by Gasteiger charge is -2.07. The van der Waals surface area contributed by atoms with E-state index >= 15 is 0 Å². The predicted molar refractivity (Wildman–Crippen MR) is 69.9 cm³/mol. The molecular formula is C12H16BrNO3. The first-order chi connectivity index (χ1) is 8.11. The Morgan fingerprint density at radius 1 is 1.41 bits per heavy atom. The molecule has 2 N–H and O–H groups in total. The SMILES string of the molecule is CCCCOC(=O)COc1cc(N)cc(Br)c1. The van der Waals surface area contributed by atoms with E-state index in [2.05, 4.69) is 15.9 Å². The average Bonchev–Trinajstić information content (AvgIpc) is 2.25. The summed E-state index contributed by atoms with van der Waals surface area (Å²) in [6.45, 7) is 2.38. The van der Waals surface area contributed by atoms with Gasteiger partial charge < -0.3 is 15.2 Å². The van der Waals surface area contributed by atoms with Crippen molar-refractivity contribution < 1.29 is 14.3 Å². The van der Waals surface area contributed by atoms with Crippen molar-refractivity contribution in [2.24, 2.45) is 0 Å². The largest absolute Gasteiger partial charge is 0.482 e. The lowest BCUT2D eigenvalue weighted by molar-refractivity contribution is -0.146. The van der Waals surface area contributed by atoms with Crippen LogP contribution in [0.4, 0.5) is 5.69 Å². The van der Waals surface area contributed by atoms with Crippen molar-refractivity contribution in [2.75, 3.05) is 18.9 Å². The molecule has 17 heavy (non-hydrogen) atoms. The third kappa shape index (κ3) is 5.58. The van der Waals surface area contributed by atoms with Crippen molar-refractivity contribution in [3.63, 3.8) is 0 Å². The van der Waals surface area contributed by atoms with E-state index in [1.807, 2.05) is 6.92 Å². The molecule has 0 saturated heterocycles. The van der Waals surface area contributed by atoms with Crippen LogP contribution in [0.1, 0.15) is 19.8 Å². The van der Waals surface area contributed by atoms with Crippen molar-refractivity contribution in [2.45, 2.75) is 19.8 Å². The van der Waals surface area contributed by atoms with E-state index < -0.39 is 0 Å². The average molecular weight is 302 g/mol. The minimum Gasteiger partial charge on any atom is -0.482 e. The summed E-state index contributed by atoms with van der Waals surface area (Å²) in [7, 11) is 0. The molecule has 0 heterocycles. The van der Waals surface area contributed by atoms with E-state index in [1.165, 1.54) is 0 Å². The second-order valence-electron chi connectivity index (χ2n) is 3.58. The van der Waals surface area contributed by atoms with Gasteiger partial charge in [0.05, 0.1) is 6.61 Å². The molecule has 1 rings (SSSR count). The van der Waals surface area contributed by atoms with Crippen LogP contribution < -0.4 is 10.5 Å². The summed E-state index contributed by atoms with van der Waals surface area (Å²) < 4.78 is 11.0. The minimum atomic E-state index is -0.364. The number of ether oxygens (including phenoxy) is 2. The Morgan fingerprint density at radius 3 is 2.82 bits per heavy atom. The van der Waals surface area contributed by atoms with Crippen molar-refractivity contribution >= 4 is 27.6 Å². The van der Waals surface area contributed by atoms with Crippen LogP contribution in [0.5, 0.6) is 5.75 Å². The van der Waals surface area contributed by atoms with E-state index in [9.17, 15) is 4.79 Å². The molecule has 0 amide bonds. The summed E-state index contributed by atoms with van der Waals surface area (Å²) in [6, 6.07) is 5.16. The molecule has 5 heteroatoms. The molecule has 1 aromatic rings. The van der Waals surface area contributed by atoms with Gasteiger partial charge in [0.2, 0.25) is 0 Å². The maximum absolute atomic E-state index is 11.3. The number of halogens is 1. The van der Waals surface area contributed by atoms with Crippen LogP contribution in [-0.4, -0.2) is 19.2 Å². The second-order valence-corrected chi connectivity index (χ2v) is 4.50. The fraction of sp³-hybridized carbons (Fsp3) is 0.417. The number of esters is 1. The van der Waals surface area contributed by atoms with Crippen molar-refractivity contribution in [1.29, 1.82) is 0 Å². The number of carbonyl (C=O) groups excluding carboxylic acids is 1. The molecule has 0 bridgehead atoms. The zero-order valence-corrected chi connectivity index (χ0v) is 11.3. The van der Waals surface area contributed by atoms with Crippen LogP contribution >= 0.6 is 15.9 Å². The zero-order valence-electron chi connectivity index (χ0n) is 9.74. The van der Waals surface area contributed by atoms with E-state index in [-0.39, 0.29) is 12.6 Å². The first-order valence-corrected chi connectivity index (χ1v) is 6.25. The van der Waals surface area contributed by atoms with Crippen LogP contribution in [-0.2, 0) is 9.53 Å². The number of nitrogens with two attached hydrogens (primary N) is 1. The maximum atomic E-state index is 11.3. The van der Waals surface area contributed by atoms with Crippen molar-refractivity contribution in [3.8, 4) is 5.75 Å². The van der Waals surface area contributed by atoms with Gasteiger partial charge >= 0.3 is 5.97 Å². The van der Waals surface area contributed by atoms with Gasteiger partial charge in [0.15, 0.2) is 6.61 Å². The highest BCUT2D eigenvalue weighted by Gasteiger charge is 2.05. The maximum Gasteiger partial charge on any atom is 0.344 e. The van der Waals surface area contributed by atoms with Gasteiger partial charge in [-0.1, -0.05) is 29.3 Å². The van der Waals surface area contributed by atoms with Crippen molar-refractivity contribution in [1.82, 2.24) is 0 Å². The third-order valence-electron chi connectivity index (χ3n) is 2.01. The second kappa shape index (κ2) is 7.17. The molecule has 0 saturated carbocycles. The van der Waals surface area contributed by atoms with Crippen molar-refractivity contribution in [3.05, 3.63) is 22.7 Å². The van der Waals surface area contributed by atoms with Gasteiger partial charge in [0.25, 0.3) is 0 Å². The third-order valence-corrected chi connectivity index (χ3v) is 2.47. The molecule has 4 nitrogen and oxygen atoms in total. The highest BCUT2D eigenvalue weighted by atomic mass is 79.9. The standard InChI is InChI=1S/C12H16BrNO3/c1-2-3-4-16-12(15)8-17-11-6-9(13)5-10(14)7-11/h5-7H,2-4,8,14H2,1H3. The molecule has 1 aromatic carbocycles. The van der Waals surface area contributed by atoms with Gasteiger partial charge in [-0.25, -0.2) is 4.79 Å². The van der Waals surface area contributed by atoms with E-state index in [0.717, 1.165) is 17.3 Å². The first kappa shape index (κ1) is 13.8. The quantitative estimate of drug-likeness (QED) is 0.498. The van der Waals surface area contributed by atoms with Crippen LogP contribution in [0, 0.1) is 0 Å². The molecule has 0 unspecified atom stereocenters. The monoisotopic (exact) mass is 301 g/mol. The van der Waals surface area contributed by atoms with E-state index in [1.54, 1.807) is 18.2 Å². The lowest BCUT2D eigenvalue weighted by atomic mass is 10.3. The number of nitrogen functional groups attached to an aromatic ring is 1. The fourth-order valence-corrected chi connectivity index (χ4v) is 1.67. The molecule has 0 aliphatic rings. The van der Waals surface area contributed by atoms with Crippen LogP contribution in [0.3, 0.4) is 0 Å². The topological polar surface area (TPSA) is 61.5 Å². The Labute approximate surface area is 109 Å². The highest BCUT2D eigenvalue weighted by Crippen LogP contribution is 2.22. The lowest BCUT2D eigenvalue weighted by Crippen LogP contribution is -2.15. The summed E-state index contributed by atoms with van der Waals surface area (Å²) in [6.07, 6.45) is 1.87. The van der Waals surface area contributed by atoms with E-state index in [0.29, 0.717) is 18.0 Å². The van der Waals surface area contributed by atoms with Gasteiger partial charge in [-0.3, -0.25) is 0 Å². The molecule has 0 radical (unpaired) electrons. The first-order valence-electron chi connectivity index (χ1n) is 5.46. The normalized spacial score (nSPS) is 10.0. The summed E-state index contributed by atoms with van der Waals surface area (Å²) in [5.74, 6) is 0.182. The van der Waals surface area contributed by atoms with Crippen LogP contribution in [0.15, 0.2) is 22.7 Å². The Hall–Kier alpha value is -1.23. The number of hydrogen-bond donors (Lipinski definition) is 1. The fourth-order valence-electron chi connectivity index (χ4n) is 1.18. The molecule has 94 valence electrons.